The van der Waals surface area contributed by atoms with E-state index in [0.29, 0.717) is 13.0 Å². The Bertz CT molecular complexity index is 1190. The van der Waals surface area contributed by atoms with E-state index >= 15 is 0 Å². The highest BCUT2D eigenvalue weighted by atomic mass is 16.2. The van der Waals surface area contributed by atoms with E-state index < -0.39 is 5.54 Å². The van der Waals surface area contributed by atoms with Gasteiger partial charge in [-0.2, -0.15) is 0 Å². The fourth-order valence-electron chi connectivity index (χ4n) is 5.84. The Morgan fingerprint density at radius 3 is 2.68 bits per heavy atom. The maximum atomic E-state index is 14.3. The molecule has 0 saturated carbocycles. The standard InChI is InChI=1S/C28H32N4O2/c1-20-29-15-16-31(20)19-22-11-6-7-12-24(22)27(34)32-23(17-21-9-4-3-5-10-21)18-28(2)25(32)13-8-14-26(33)30-28/h3-7,9-12,15-16,23,25H,8,13-14,17-19H2,1-2H3,(H,30,33)/t23-,25+,28+/m1/s1. The summed E-state index contributed by atoms with van der Waals surface area (Å²) in [4.78, 5) is 33.2. The third-order valence-electron chi connectivity index (χ3n) is 7.49. The van der Waals surface area contributed by atoms with Crippen LogP contribution in [0.5, 0.6) is 0 Å². The lowest BCUT2D eigenvalue weighted by Crippen LogP contribution is -2.54. The average molecular weight is 457 g/mol. The fraction of sp³-hybridized carbons (Fsp3) is 0.393. The molecule has 176 valence electrons. The van der Waals surface area contributed by atoms with Crippen LogP contribution >= 0.6 is 0 Å². The maximum absolute atomic E-state index is 14.3. The molecular formula is C28H32N4O2. The summed E-state index contributed by atoms with van der Waals surface area (Å²) in [6, 6.07) is 18.2. The van der Waals surface area contributed by atoms with Crippen LogP contribution in [0.4, 0.5) is 0 Å². The van der Waals surface area contributed by atoms with Gasteiger partial charge in [0.1, 0.15) is 5.82 Å². The number of fused-ring (bicyclic) bond motifs is 1. The molecule has 2 aromatic carbocycles. The first kappa shape index (κ1) is 22.4. The number of carbonyl (C=O) groups excluding carboxylic acids is 2. The van der Waals surface area contributed by atoms with Crippen molar-refractivity contribution in [1.29, 1.82) is 0 Å². The molecule has 0 spiro atoms. The summed E-state index contributed by atoms with van der Waals surface area (Å²) in [5.74, 6) is 1.07. The Kier molecular flexibility index (Phi) is 5.98. The molecule has 3 atom stereocenters. The Labute approximate surface area is 201 Å². The molecule has 0 aliphatic carbocycles. The van der Waals surface area contributed by atoms with Gasteiger partial charge < -0.3 is 14.8 Å². The van der Waals surface area contributed by atoms with Crippen molar-refractivity contribution in [2.24, 2.45) is 0 Å². The molecular weight excluding hydrogens is 424 g/mol. The molecule has 6 heteroatoms. The number of nitrogens with zero attached hydrogens (tertiary/aromatic N) is 3. The molecule has 2 saturated heterocycles. The van der Waals surface area contributed by atoms with Crippen molar-refractivity contribution < 1.29 is 9.59 Å². The summed E-state index contributed by atoms with van der Waals surface area (Å²) in [7, 11) is 0. The van der Waals surface area contributed by atoms with Crippen molar-refractivity contribution in [3.05, 3.63) is 89.5 Å². The zero-order valence-corrected chi connectivity index (χ0v) is 19.9. The van der Waals surface area contributed by atoms with Crippen LogP contribution in [0.25, 0.3) is 0 Å². The average Bonchev–Trinajstić information content (AvgIpc) is 3.29. The molecule has 0 radical (unpaired) electrons. The molecule has 5 rings (SSSR count). The number of amides is 2. The SMILES string of the molecule is Cc1nccn1Cc1ccccc1C(=O)N1[C@H](Cc2ccccc2)C[C@]2(C)NC(=O)CCC[C@H]12. The first-order valence-corrected chi connectivity index (χ1v) is 12.2. The lowest BCUT2D eigenvalue weighted by atomic mass is 9.88. The molecule has 2 aliphatic heterocycles. The molecule has 0 unspecified atom stereocenters. The first-order chi connectivity index (χ1) is 16.4. The van der Waals surface area contributed by atoms with Crippen LogP contribution < -0.4 is 5.32 Å². The highest BCUT2D eigenvalue weighted by Gasteiger charge is 2.52. The van der Waals surface area contributed by atoms with Crippen LogP contribution in [0.3, 0.4) is 0 Å². The van der Waals surface area contributed by atoms with Gasteiger partial charge in [-0.05, 0) is 56.7 Å². The minimum absolute atomic E-state index is 0.0198. The normalized spacial score (nSPS) is 24.4. The molecule has 0 bridgehead atoms. The minimum Gasteiger partial charge on any atom is -0.349 e. The highest BCUT2D eigenvalue weighted by Crippen LogP contribution is 2.40. The fourth-order valence-corrected chi connectivity index (χ4v) is 5.84. The number of rotatable bonds is 5. The number of hydrogen-bond acceptors (Lipinski definition) is 3. The molecule has 1 N–H and O–H groups in total. The second kappa shape index (κ2) is 9.09. The predicted octanol–water partition coefficient (Wildman–Crippen LogP) is 4.12. The Hall–Kier alpha value is -3.41. The number of carbonyl (C=O) groups is 2. The van der Waals surface area contributed by atoms with E-state index in [2.05, 4.69) is 38.8 Å². The van der Waals surface area contributed by atoms with Gasteiger partial charge in [0.05, 0.1) is 11.6 Å². The van der Waals surface area contributed by atoms with Crippen molar-refractivity contribution in [3.8, 4) is 0 Å². The number of aromatic nitrogens is 2. The van der Waals surface area contributed by atoms with Gasteiger partial charge in [0.2, 0.25) is 5.91 Å². The number of likely N-dealkylation sites (tertiary alicyclic amines) is 1. The molecule has 3 heterocycles. The van der Waals surface area contributed by atoms with Crippen molar-refractivity contribution >= 4 is 11.8 Å². The minimum atomic E-state index is -0.418. The number of aryl methyl sites for hydroxylation is 1. The summed E-state index contributed by atoms with van der Waals surface area (Å²) in [6.45, 7) is 4.69. The van der Waals surface area contributed by atoms with Gasteiger partial charge in [0.25, 0.3) is 5.91 Å². The van der Waals surface area contributed by atoms with Crippen molar-refractivity contribution in [3.63, 3.8) is 0 Å². The number of imidazole rings is 1. The molecule has 1 aromatic heterocycles. The van der Waals surface area contributed by atoms with Gasteiger partial charge >= 0.3 is 0 Å². The second-order valence-corrected chi connectivity index (χ2v) is 9.89. The van der Waals surface area contributed by atoms with E-state index in [1.807, 2.05) is 55.6 Å². The molecule has 2 amide bonds. The number of benzene rings is 2. The van der Waals surface area contributed by atoms with E-state index in [4.69, 9.17) is 0 Å². The van der Waals surface area contributed by atoms with Crippen molar-refractivity contribution in [2.45, 2.75) is 70.1 Å². The zero-order valence-electron chi connectivity index (χ0n) is 19.9. The second-order valence-electron chi connectivity index (χ2n) is 9.89. The summed E-state index contributed by atoms with van der Waals surface area (Å²) in [5.41, 5.74) is 2.50. The van der Waals surface area contributed by atoms with Crippen LogP contribution in [0.2, 0.25) is 0 Å². The van der Waals surface area contributed by atoms with E-state index in [1.165, 1.54) is 5.56 Å². The molecule has 34 heavy (non-hydrogen) atoms. The van der Waals surface area contributed by atoms with Gasteiger partial charge in [0.15, 0.2) is 0 Å². The van der Waals surface area contributed by atoms with Gasteiger partial charge in [-0.25, -0.2) is 4.98 Å². The monoisotopic (exact) mass is 456 g/mol. The van der Waals surface area contributed by atoms with Crippen LogP contribution in [-0.2, 0) is 17.8 Å². The molecule has 3 aromatic rings. The predicted molar refractivity (Wildman–Crippen MR) is 131 cm³/mol. The summed E-state index contributed by atoms with van der Waals surface area (Å²) in [6.07, 6.45) is 7.41. The summed E-state index contributed by atoms with van der Waals surface area (Å²) >= 11 is 0. The van der Waals surface area contributed by atoms with E-state index in [0.717, 1.165) is 42.6 Å². The third-order valence-corrected chi connectivity index (χ3v) is 7.49. The molecule has 2 fully saturated rings. The summed E-state index contributed by atoms with van der Waals surface area (Å²) in [5, 5.41) is 3.28. The largest absolute Gasteiger partial charge is 0.349 e. The Morgan fingerprint density at radius 2 is 1.91 bits per heavy atom. The van der Waals surface area contributed by atoms with Crippen LogP contribution in [0.1, 0.15) is 59.9 Å². The smallest absolute Gasteiger partial charge is 0.254 e. The number of hydrogen-bond donors (Lipinski definition) is 1. The summed E-state index contributed by atoms with van der Waals surface area (Å²) < 4.78 is 2.06. The van der Waals surface area contributed by atoms with Crippen LogP contribution in [0, 0.1) is 6.92 Å². The lowest BCUT2D eigenvalue weighted by Gasteiger charge is -2.35. The van der Waals surface area contributed by atoms with Crippen LogP contribution in [-0.4, -0.2) is 43.9 Å². The Balaban J connectivity index is 1.52. The van der Waals surface area contributed by atoms with Gasteiger partial charge in [0, 0.05) is 37.0 Å². The zero-order chi connectivity index (χ0) is 23.7. The van der Waals surface area contributed by atoms with Gasteiger partial charge in [-0.3, -0.25) is 9.59 Å². The highest BCUT2D eigenvalue weighted by molar-refractivity contribution is 5.96. The quantitative estimate of drug-likeness (QED) is 0.628. The van der Waals surface area contributed by atoms with Crippen LogP contribution in [0.15, 0.2) is 67.0 Å². The maximum Gasteiger partial charge on any atom is 0.254 e. The van der Waals surface area contributed by atoms with Crippen molar-refractivity contribution in [2.75, 3.05) is 0 Å². The van der Waals surface area contributed by atoms with Gasteiger partial charge in [-0.1, -0.05) is 48.5 Å². The van der Waals surface area contributed by atoms with E-state index in [9.17, 15) is 9.59 Å². The molecule has 6 nitrogen and oxygen atoms in total. The van der Waals surface area contributed by atoms with E-state index in [1.54, 1.807) is 6.20 Å². The van der Waals surface area contributed by atoms with Gasteiger partial charge in [-0.15, -0.1) is 0 Å². The molecule has 2 aliphatic rings. The van der Waals surface area contributed by atoms with Crippen molar-refractivity contribution in [1.82, 2.24) is 19.8 Å². The topological polar surface area (TPSA) is 67.2 Å². The van der Waals surface area contributed by atoms with E-state index in [-0.39, 0.29) is 23.9 Å². The number of nitrogens with one attached hydrogen (secondary N) is 1. The third kappa shape index (κ3) is 4.25. The Morgan fingerprint density at radius 1 is 1.15 bits per heavy atom. The lowest BCUT2D eigenvalue weighted by molar-refractivity contribution is -0.122. The first-order valence-electron chi connectivity index (χ1n) is 12.2.